The van der Waals surface area contributed by atoms with Gasteiger partial charge in [0.15, 0.2) is 24.0 Å². The van der Waals surface area contributed by atoms with E-state index in [-0.39, 0.29) is 24.9 Å². The molecule has 1 aromatic heterocycles. The van der Waals surface area contributed by atoms with Gasteiger partial charge in [-0.2, -0.15) is 0 Å². The number of ether oxygens (including phenoxy) is 3. The van der Waals surface area contributed by atoms with Gasteiger partial charge in [0.1, 0.15) is 24.5 Å². The van der Waals surface area contributed by atoms with Crippen LogP contribution < -0.4 is 21.3 Å². The highest BCUT2D eigenvalue weighted by Crippen LogP contribution is 2.38. The minimum Gasteiger partial charge on any atom is -0.434 e. The molecule has 2 aromatic rings. The third-order valence-electron chi connectivity index (χ3n) is 7.96. The Bertz CT molecular complexity index is 1340. The second-order valence-corrected chi connectivity index (χ2v) is 11.0. The van der Waals surface area contributed by atoms with E-state index >= 15 is 0 Å². The van der Waals surface area contributed by atoms with Crippen LogP contribution in [0.5, 0.6) is 0 Å². The number of hydrogen-bond donors (Lipinski definition) is 5. The van der Waals surface area contributed by atoms with Gasteiger partial charge in [-0.25, -0.2) is 14.8 Å². The molecule has 2 fully saturated rings. The van der Waals surface area contributed by atoms with Crippen LogP contribution in [0.15, 0.2) is 30.3 Å². The smallest absolute Gasteiger partial charge is 0.434 e. The number of aliphatic hydroxyl groups excluding tert-OH is 2. The molecule has 13 heteroatoms. The summed E-state index contributed by atoms with van der Waals surface area (Å²) in [4.78, 5) is 34.7. The number of aromatic nitrogens is 2. The lowest BCUT2D eigenvalue weighted by molar-refractivity contribution is -0.135. The fraction of sp³-hybridized carbons (Fsp3) is 0.533. The van der Waals surface area contributed by atoms with Crippen molar-refractivity contribution < 1.29 is 34.0 Å². The monoisotopic (exact) mass is 594 g/mol. The average molecular weight is 595 g/mol. The SMILES string of the molecule is CCNC(=O)[C@H]1O[C@@H](N2CNc3c(N)nc(C#CCC4CCC(COC(=O)OCc5ccccc5)CC4)nc32)[C@@H](O)C1O. The number of carbonyl (C=O) groups is 2. The molecule has 1 aliphatic carbocycles. The molecule has 0 radical (unpaired) electrons. The van der Waals surface area contributed by atoms with Gasteiger partial charge in [-0.3, -0.25) is 4.79 Å². The van der Waals surface area contributed by atoms with E-state index in [1.807, 2.05) is 30.3 Å². The molecule has 13 nitrogen and oxygen atoms in total. The molecule has 1 unspecified atom stereocenters. The number of rotatable bonds is 8. The van der Waals surface area contributed by atoms with Gasteiger partial charge in [-0.05, 0) is 55.9 Å². The molecule has 0 spiro atoms. The highest BCUT2D eigenvalue weighted by molar-refractivity contribution is 5.83. The van der Waals surface area contributed by atoms with Crippen LogP contribution in [-0.2, 0) is 25.6 Å². The lowest BCUT2D eigenvalue weighted by Gasteiger charge is -2.27. The maximum Gasteiger partial charge on any atom is 0.508 e. The Morgan fingerprint density at radius 3 is 2.60 bits per heavy atom. The summed E-state index contributed by atoms with van der Waals surface area (Å²) in [6, 6.07) is 9.48. The molecule has 2 aliphatic heterocycles. The van der Waals surface area contributed by atoms with Gasteiger partial charge >= 0.3 is 6.16 Å². The van der Waals surface area contributed by atoms with Gasteiger partial charge in [-0.15, -0.1) is 0 Å². The average Bonchev–Trinajstić information content (AvgIpc) is 3.57. The summed E-state index contributed by atoms with van der Waals surface area (Å²) in [5.74, 6) is 7.20. The molecule has 1 saturated heterocycles. The van der Waals surface area contributed by atoms with Crippen LogP contribution in [0.2, 0.25) is 0 Å². The van der Waals surface area contributed by atoms with Gasteiger partial charge in [0.05, 0.1) is 13.3 Å². The largest absolute Gasteiger partial charge is 0.508 e. The topological polar surface area (TPSA) is 181 Å². The highest BCUT2D eigenvalue weighted by Gasteiger charge is 2.50. The fourth-order valence-corrected chi connectivity index (χ4v) is 5.58. The first-order valence-corrected chi connectivity index (χ1v) is 14.6. The summed E-state index contributed by atoms with van der Waals surface area (Å²) in [5.41, 5.74) is 7.56. The van der Waals surface area contributed by atoms with Crippen LogP contribution >= 0.6 is 0 Å². The van der Waals surface area contributed by atoms with E-state index in [4.69, 9.17) is 19.9 Å². The van der Waals surface area contributed by atoms with Crippen molar-refractivity contribution in [2.75, 3.05) is 35.8 Å². The minimum atomic E-state index is -1.39. The summed E-state index contributed by atoms with van der Waals surface area (Å²) >= 11 is 0. The predicted octanol–water partition coefficient (Wildman–Crippen LogP) is 1.73. The van der Waals surface area contributed by atoms with Gasteiger partial charge in [0.25, 0.3) is 5.91 Å². The van der Waals surface area contributed by atoms with Crippen LogP contribution in [0.3, 0.4) is 0 Å². The number of hydrogen-bond acceptors (Lipinski definition) is 12. The summed E-state index contributed by atoms with van der Waals surface area (Å²) in [6.45, 7) is 2.86. The zero-order valence-electron chi connectivity index (χ0n) is 24.1. The van der Waals surface area contributed by atoms with Crippen LogP contribution in [-0.4, -0.2) is 76.6 Å². The standard InChI is InChI=1S/C30H38N6O7/c1-2-32-28(39)25-23(37)24(38)29(43-25)36-17-33-22-26(31)34-21(35-27(22)36)10-6-9-18-11-13-20(14-12-18)16-42-30(40)41-15-19-7-4-3-5-8-19/h3-5,7-8,18,20,23-25,29,33,37-38H,2,9,11-17H2,1H3,(H,32,39)(H2,31,34,35)/t18?,20?,23?,24-,25-,29+/m0/s1. The first-order valence-electron chi connectivity index (χ1n) is 14.6. The molecule has 0 bridgehead atoms. The molecule has 3 aliphatic rings. The zero-order chi connectivity index (χ0) is 30.3. The van der Waals surface area contributed by atoms with E-state index in [1.54, 1.807) is 11.8 Å². The van der Waals surface area contributed by atoms with Crippen molar-refractivity contribution in [3.05, 3.63) is 41.7 Å². The number of likely N-dealkylation sites (N-methyl/N-ethyl adjacent to an activating group) is 1. The van der Waals surface area contributed by atoms with Crippen molar-refractivity contribution in [3.8, 4) is 11.8 Å². The maximum absolute atomic E-state index is 12.3. The molecule has 1 amide bonds. The maximum atomic E-state index is 12.3. The van der Waals surface area contributed by atoms with Gasteiger partial charge in [-0.1, -0.05) is 36.3 Å². The number of aliphatic hydroxyl groups is 2. The predicted molar refractivity (Wildman–Crippen MR) is 156 cm³/mol. The Morgan fingerprint density at radius 2 is 1.86 bits per heavy atom. The number of nitrogens with zero attached hydrogens (tertiary/aromatic N) is 3. The Morgan fingerprint density at radius 1 is 1.12 bits per heavy atom. The summed E-state index contributed by atoms with van der Waals surface area (Å²) in [7, 11) is 0. The van der Waals surface area contributed by atoms with Crippen molar-refractivity contribution in [1.82, 2.24) is 15.3 Å². The summed E-state index contributed by atoms with van der Waals surface area (Å²) < 4.78 is 16.3. The Balaban J connectivity index is 1.10. The Kier molecular flexibility index (Phi) is 9.81. The molecule has 4 atom stereocenters. The van der Waals surface area contributed by atoms with Crippen LogP contribution in [0.4, 0.5) is 22.1 Å². The molecule has 3 heterocycles. The number of fused-ring (bicyclic) bond motifs is 1. The van der Waals surface area contributed by atoms with E-state index in [0.29, 0.717) is 42.9 Å². The number of nitrogens with one attached hydrogen (secondary N) is 2. The lowest BCUT2D eigenvalue weighted by Crippen LogP contribution is -2.44. The van der Waals surface area contributed by atoms with Gasteiger partial charge in [0.2, 0.25) is 5.82 Å². The second-order valence-electron chi connectivity index (χ2n) is 11.0. The minimum absolute atomic E-state index is 0.191. The summed E-state index contributed by atoms with van der Waals surface area (Å²) in [5, 5.41) is 26.8. The fourth-order valence-electron chi connectivity index (χ4n) is 5.58. The molecule has 1 saturated carbocycles. The zero-order valence-corrected chi connectivity index (χ0v) is 24.1. The second kappa shape index (κ2) is 13.9. The third kappa shape index (κ3) is 7.27. The van der Waals surface area contributed by atoms with E-state index in [2.05, 4.69) is 32.4 Å². The molecular formula is C30H38N6O7. The molecule has 230 valence electrons. The van der Waals surface area contributed by atoms with Crippen molar-refractivity contribution in [1.29, 1.82) is 0 Å². The number of nitrogens with two attached hydrogens (primary N) is 1. The molecular weight excluding hydrogens is 556 g/mol. The molecule has 43 heavy (non-hydrogen) atoms. The van der Waals surface area contributed by atoms with Gasteiger partial charge < -0.3 is 45.7 Å². The first-order chi connectivity index (χ1) is 20.8. The van der Waals surface area contributed by atoms with E-state index < -0.39 is 36.6 Å². The number of amides is 1. The third-order valence-corrected chi connectivity index (χ3v) is 7.96. The van der Waals surface area contributed by atoms with Crippen molar-refractivity contribution >= 4 is 29.4 Å². The van der Waals surface area contributed by atoms with Crippen molar-refractivity contribution in [2.45, 2.75) is 70.2 Å². The molecule has 5 rings (SSSR count). The van der Waals surface area contributed by atoms with Crippen molar-refractivity contribution in [3.63, 3.8) is 0 Å². The normalized spacial score (nSPS) is 26.1. The lowest BCUT2D eigenvalue weighted by atomic mass is 9.81. The quantitative estimate of drug-likeness (QED) is 0.221. The Hall–Kier alpha value is -4.12. The number of benzene rings is 1. The van der Waals surface area contributed by atoms with Gasteiger partial charge in [0, 0.05) is 13.0 Å². The number of nitrogen functional groups attached to an aromatic ring is 1. The summed E-state index contributed by atoms with van der Waals surface area (Å²) in [6.07, 6.45) is -1.12. The molecule has 1 aromatic carbocycles. The van der Waals surface area contributed by atoms with Crippen molar-refractivity contribution in [2.24, 2.45) is 11.8 Å². The Labute approximate surface area is 250 Å². The van der Waals surface area contributed by atoms with E-state index in [0.717, 1.165) is 31.2 Å². The van der Waals surface area contributed by atoms with E-state index in [9.17, 15) is 19.8 Å². The van der Waals surface area contributed by atoms with Crippen LogP contribution in [0.25, 0.3) is 0 Å². The number of anilines is 3. The van der Waals surface area contributed by atoms with Crippen LogP contribution in [0, 0.1) is 23.7 Å². The molecule has 6 N–H and O–H groups in total. The highest BCUT2D eigenvalue weighted by atomic mass is 16.7. The van der Waals surface area contributed by atoms with Crippen LogP contribution in [0.1, 0.15) is 50.4 Å². The van der Waals surface area contributed by atoms with E-state index in [1.165, 1.54) is 0 Å². The first kappa shape index (κ1) is 30.3. The number of carbonyl (C=O) groups excluding carboxylic acids is 2.